The van der Waals surface area contributed by atoms with Crippen molar-refractivity contribution < 1.29 is 19.1 Å². The van der Waals surface area contributed by atoms with Gasteiger partial charge in [0.05, 0.1) is 6.10 Å². The number of carbonyl (C=O) groups is 2. The maximum absolute atomic E-state index is 13.2. The Morgan fingerprint density at radius 1 is 1.37 bits per heavy atom. The number of halogens is 2. The van der Waals surface area contributed by atoms with Crippen LogP contribution in [0.5, 0.6) is 0 Å². The molecule has 0 saturated carbocycles. The third kappa shape index (κ3) is 4.55. The second-order valence-electron chi connectivity index (χ2n) is 7.68. The highest BCUT2D eigenvalue weighted by atomic mass is 35.5. The van der Waals surface area contributed by atoms with E-state index in [1.807, 2.05) is 0 Å². The maximum atomic E-state index is 13.2. The number of hydrogen-bond acceptors (Lipinski definition) is 5. The Kier molecular flexibility index (Phi) is 5.87. The average Bonchev–Trinajstić information content (AvgIpc) is 3.34. The van der Waals surface area contributed by atoms with Gasteiger partial charge in [-0.3, -0.25) is 9.59 Å². The van der Waals surface area contributed by atoms with E-state index in [2.05, 4.69) is 15.6 Å². The molecule has 3 atom stereocenters. The molecule has 1 aromatic carbocycles. The van der Waals surface area contributed by atoms with Crippen molar-refractivity contribution in [1.82, 2.24) is 15.2 Å². The quantitative estimate of drug-likeness (QED) is 0.623. The summed E-state index contributed by atoms with van der Waals surface area (Å²) in [4.78, 5) is 31.6. The number of hydrogen-bond donors (Lipinski definition) is 3. The molecule has 9 heteroatoms. The first-order valence-corrected chi connectivity index (χ1v) is 10.2. The number of nitrogens with zero attached hydrogens (tertiary/aromatic N) is 2. The monoisotopic (exact) mass is 432 g/mol. The van der Waals surface area contributed by atoms with E-state index in [0.29, 0.717) is 24.5 Å². The van der Waals surface area contributed by atoms with Crippen molar-refractivity contribution >= 4 is 29.1 Å². The van der Waals surface area contributed by atoms with Crippen LogP contribution in [0.15, 0.2) is 36.5 Å². The molecule has 3 heterocycles. The van der Waals surface area contributed by atoms with Crippen LogP contribution in [0.25, 0.3) is 0 Å². The zero-order valence-electron chi connectivity index (χ0n) is 16.1. The van der Waals surface area contributed by atoms with Gasteiger partial charge in [0.2, 0.25) is 11.8 Å². The van der Waals surface area contributed by atoms with E-state index >= 15 is 0 Å². The second kappa shape index (κ2) is 8.57. The Bertz CT molecular complexity index is 956. The zero-order chi connectivity index (χ0) is 21.3. The molecule has 2 aromatic rings. The fourth-order valence-electron chi connectivity index (χ4n) is 3.86. The molecular weight excluding hydrogens is 411 g/mol. The SMILES string of the molecule is O=C(N[C@@H](Cc1ccc(F)cc1)C(=O)N1CC[C@H](O)C1)C1Cc2cnc(Cl)cc2N1. The van der Waals surface area contributed by atoms with Gasteiger partial charge in [-0.1, -0.05) is 23.7 Å². The van der Waals surface area contributed by atoms with Gasteiger partial charge in [0.25, 0.3) is 0 Å². The van der Waals surface area contributed by atoms with Crippen LogP contribution in [-0.2, 0) is 22.4 Å². The van der Waals surface area contributed by atoms with E-state index in [-0.39, 0.29) is 30.6 Å². The molecule has 0 bridgehead atoms. The summed E-state index contributed by atoms with van der Waals surface area (Å²) in [7, 11) is 0. The van der Waals surface area contributed by atoms with Crippen LogP contribution < -0.4 is 10.6 Å². The van der Waals surface area contributed by atoms with Crippen LogP contribution in [-0.4, -0.2) is 58.1 Å². The predicted octanol–water partition coefficient (Wildman–Crippen LogP) is 1.53. The van der Waals surface area contributed by atoms with Crippen LogP contribution in [0, 0.1) is 5.82 Å². The molecule has 0 aliphatic carbocycles. The molecule has 2 aliphatic heterocycles. The molecular formula is C21H22ClFN4O3. The summed E-state index contributed by atoms with van der Waals surface area (Å²) in [6, 6.07) is 6.13. The fraction of sp³-hybridized carbons (Fsp3) is 0.381. The van der Waals surface area contributed by atoms with E-state index in [9.17, 15) is 19.1 Å². The number of pyridine rings is 1. The van der Waals surface area contributed by atoms with Gasteiger partial charge >= 0.3 is 0 Å². The first-order chi connectivity index (χ1) is 14.4. The number of benzene rings is 1. The number of amides is 2. The van der Waals surface area contributed by atoms with Gasteiger partial charge in [0.1, 0.15) is 23.1 Å². The second-order valence-corrected chi connectivity index (χ2v) is 8.07. The van der Waals surface area contributed by atoms with Gasteiger partial charge in [0.15, 0.2) is 0 Å². The van der Waals surface area contributed by atoms with Gasteiger partial charge < -0.3 is 20.6 Å². The number of fused-ring (bicyclic) bond motifs is 1. The minimum atomic E-state index is -0.819. The average molecular weight is 433 g/mol. The van der Waals surface area contributed by atoms with Crippen LogP contribution in [0.1, 0.15) is 17.5 Å². The zero-order valence-corrected chi connectivity index (χ0v) is 16.9. The van der Waals surface area contributed by atoms with Crippen molar-refractivity contribution in [1.29, 1.82) is 0 Å². The lowest BCUT2D eigenvalue weighted by atomic mass is 10.0. The summed E-state index contributed by atoms with van der Waals surface area (Å²) < 4.78 is 13.2. The number of anilines is 1. The highest BCUT2D eigenvalue weighted by Gasteiger charge is 2.34. The molecule has 1 saturated heterocycles. The van der Waals surface area contributed by atoms with E-state index in [0.717, 1.165) is 16.8 Å². The molecule has 1 aromatic heterocycles. The molecule has 4 rings (SSSR count). The number of aliphatic hydroxyl groups excluding tert-OH is 1. The van der Waals surface area contributed by atoms with Crippen LogP contribution in [0.3, 0.4) is 0 Å². The number of nitrogens with one attached hydrogen (secondary N) is 2. The molecule has 30 heavy (non-hydrogen) atoms. The summed E-state index contributed by atoms with van der Waals surface area (Å²) in [5.41, 5.74) is 2.36. The molecule has 158 valence electrons. The van der Waals surface area contributed by atoms with Gasteiger partial charge in [-0.25, -0.2) is 9.37 Å². The number of aliphatic hydroxyl groups is 1. The summed E-state index contributed by atoms with van der Waals surface area (Å²) in [6.07, 6.45) is 2.25. The molecule has 0 spiro atoms. The summed E-state index contributed by atoms with van der Waals surface area (Å²) in [5.74, 6) is -0.944. The number of rotatable bonds is 5. The Morgan fingerprint density at radius 3 is 2.83 bits per heavy atom. The van der Waals surface area contributed by atoms with Gasteiger partial charge in [-0.15, -0.1) is 0 Å². The Balaban J connectivity index is 1.48. The minimum Gasteiger partial charge on any atom is -0.391 e. The Labute approximate surface area is 178 Å². The van der Waals surface area contributed by atoms with Gasteiger partial charge in [-0.05, 0) is 35.7 Å². The van der Waals surface area contributed by atoms with E-state index in [1.54, 1.807) is 29.3 Å². The van der Waals surface area contributed by atoms with Crippen molar-refractivity contribution in [2.75, 3.05) is 18.4 Å². The number of likely N-dealkylation sites (tertiary alicyclic amines) is 1. The minimum absolute atomic E-state index is 0.227. The number of carbonyl (C=O) groups excluding carboxylic acids is 2. The highest BCUT2D eigenvalue weighted by Crippen LogP contribution is 2.27. The van der Waals surface area contributed by atoms with Crippen molar-refractivity contribution in [2.24, 2.45) is 0 Å². The molecule has 1 unspecified atom stereocenters. The number of β-amino-alcohol motifs (C(OH)–C–C–N with tert-alkyl or cyclic N) is 1. The van der Waals surface area contributed by atoms with E-state index < -0.39 is 18.2 Å². The molecule has 3 N–H and O–H groups in total. The third-order valence-electron chi connectivity index (χ3n) is 5.47. The first-order valence-electron chi connectivity index (χ1n) is 9.81. The standard InChI is InChI=1S/C21H22ClFN4O3/c22-19-9-16-13(10-24-19)8-17(25-16)20(29)26-18(7-12-1-3-14(23)4-2-12)21(30)27-6-5-15(28)11-27/h1-4,9-10,15,17-18,25,28H,5-8,11H2,(H,26,29)/t15-,17?,18-/m0/s1. The summed E-state index contributed by atoms with van der Waals surface area (Å²) in [6.45, 7) is 0.680. The van der Waals surface area contributed by atoms with Crippen molar-refractivity contribution in [3.63, 3.8) is 0 Å². The Hall–Kier alpha value is -2.71. The smallest absolute Gasteiger partial charge is 0.245 e. The normalized spacial score (nSPS) is 21.1. The van der Waals surface area contributed by atoms with Crippen LogP contribution in [0.2, 0.25) is 5.15 Å². The molecule has 2 amide bonds. The molecule has 0 radical (unpaired) electrons. The fourth-order valence-corrected chi connectivity index (χ4v) is 4.02. The summed E-state index contributed by atoms with van der Waals surface area (Å²) in [5, 5.41) is 16.1. The van der Waals surface area contributed by atoms with Gasteiger partial charge in [0, 0.05) is 37.8 Å². The van der Waals surface area contributed by atoms with Gasteiger partial charge in [-0.2, -0.15) is 0 Å². The third-order valence-corrected chi connectivity index (χ3v) is 5.67. The number of aromatic nitrogens is 1. The van der Waals surface area contributed by atoms with Crippen molar-refractivity contribution in [3.8, 4) is 0 Å². The highest BCUT2D eigenvalue weighted by molar-refractivity contribution is 6.29. The van der Waals surface area contributed by atoms with E-state index in [1.165, 1.54) is 12.1 Å². The first kappa shape index (κ1) is 20.6. The molecule has 2 aliphatic rings. The van der Waals surface area contributed by atoms with Crippen LogP contribution in [0.4, 0.5) is 10.1 Å². The molecule has 1 fully saturated rings. The van der Waals surface area contributed by atoms with Crippen molar-refractivity contribution in [3.05, 3.63) is 58.6 Å². The van der Waals surface area contributed by atoms with Crippen LogP contribution >= 0.6 is 11.6 Å². The summed E-state index contributed by atoms with van der Waals surface area (Å²) >= 11 is 5.91. The topological polar surface area (TPSA) is 94.6 Å². The lowest BCUT2D eigenvalue weighted by Gasteiger charge is -2.25. The lowest BCUT2D eigenvalue weighted by molar-refractivity contribution is -0.136. The largest absolute Gasteiger partial charge is 0.391 e. The van der Waals surface area contributed by atoms with E-state index in [4.69, 9.17) is 11.6 Å². The lowest BCUT2D eigenvalue weighted by Crippen LogP contribution is -2.52. The maximum Gasteiger partial charge on any atom is 0.245 e. The molecule has 7 nitrogen and oxygen atoms in total. The van der Waals surface area contributed by atoms with Crippen molar-refractivity contribution in [2.45, 2.75) is 37.5 Å². The predicted molar refractivity (Wildman–Crippen MR) is 110 cm³/mol. The Morgan fingerprint density at radius 2 is 2.13 bits per heavy atom.